The molecular weight excluding hydrogens is 324 g/mol. The maximum absolute atomic E-state index is 11.7. The highest BCUT2D eigenvalue weighted by Gasteiger charge is 2.27. The van der Waals surface area contributed by atoms with E-state index in [1.807, 2.05) is 41.0 Å². The van der Waals surface area contributed by atoms with E-state index in [0.717, 1.165) is 0 Å². The Morgan fingerprint density at radius 2 is 1.32 bits per heavy atom. The Morgan fingerprint density at radius 1 is 0.760 bits per heavy atom. The summed E-state index contributed by atoms with van der Waals surface area (Å²) in [6, 6.07) is 15.2. The van der Waals surface area contributed by atoms with Crippen molar-refractivity contribution in [2.75, 3.05) is 6.79 Å². The van der Waals surface area contributed by atoms with Crippen LogP contribution in [0.25, 0.3) is 6.08 Å². The second-order valence-corrected chi connectivity index (χ2v) is 5.08. The lowest BCUT2D eigenvalue weighted by molar-refractivity contribution is -0.123. The van der Waals surface area contributed by atoms with E-state index in [4.69, 9.17) is 9.47 Å². The number of hydrogen-bond acceptors (Lipinski definition) is 5. The zero-order chi connectivity index (χ0) is 17.6. The second-order valence-electron chi connectivity index (χ2n) is 5.08. The lowest BCUT2D eigenvalue weighted by Gasteiger charge is -2.14. The Balaban J connectivity index is 1.60. The smallest absolute Gasteiger partial charge is 0.328 e. The zero-order valence-corrected chi connectivity index (χ0v) is 13.0. The number of barbiturate groups is 1. The fourth-order valence-electron chi connectivity index (χ4n) is 2.12. The van der Waals surface area contributed by atoms with Crippen LogP contribution in [0.1, 0.15) is 5.56 Å². The van der Waals surface area contributed by atoms with Gasteiger partial charge < -0.3 is 9.47 Å². The van der Waals surface area contributed by atoms with E-state index in [1.54, 1.807) is 24.3 Å². The number of carbonyl (C=O) groups is 3. The number of rotatable bonds is 5. The van der Waals surface area contributed by atoms with E-state index in [1.165, 1.54) is 6.08 Å². The van der Waals surface area contributed by atoms with Crippen LogP contribution in [-0.4, -0.2) is 24.6 Å². The van der Waals surface area contributed by atoms with Crippen LogP contribution in [0.2, 0.25) is 0 Å². The van der Waals surface area contributed by atoms with Gasteiger partial charge in [0.1, 0.15) is 17.1 Å². The Bertz CT molecular complexity index is 806. The van der Waals surface area contributed by atoms with Crippen molar-refractivity contribution in [2.24, 2.45) is 0 Å². The van der Waals surface area contributed by atoms with Crippen LogP contribution in [0.5, 0.6) is 11.5 Å². The first-order valence-corrected chi connectivity index (χ1v) is 7.41. The number of ether oxygens (including phenoxy) is 2. The summed E-state index contributed by atoms with van der Waals surface area (Å²) in [5.74, 6) is -0.186. The lowest BCUT2D eigenvalue weighted by atomic mass is 10.1. The van der Waals surface area contributed by atoms with Gasteiger partial charge in [-0.3, -0.25) is 20.2 Å². The van der Waals surface area contributed by atoms with Crippen molar-refractivity contribution < 1.29 is 23.9 Å². The minimum atomic E-state index is -0.825. The molecule has 7 heteroatoms. The van der Waals surface area contributed by atoms with Gasteiger partial charge in [0.05, 0.1) is 0 Å². The van der Waals surface area contributed by atoms with Crippen LogP contribution in [-0.2, 0) is 9.59 Å². The van der Waals surface area contributed by atoms with Crippen molar-refractivity contribution in [3.63, 3.8) is 0 Å². The van der Waals surface area contributed by atoms with Gasteiger partial charge in [0, 0.05) is 0 Å². The molecule has 1 fully saturated rings. The summed E-state index contributed by atoms with van der Waals surface area (Å²) in [6.07, 6.45) is 1.39. The lowest BCUT2D eigenvalue weighted by Crippen LogP contribution is -2.51. The first-order chi connectivity index (χ1) is 12.1. The molecule has 0 saturated carbocycles. The van der Waals surface area contributed by atoms with Crippen molar-refractivity contribution >= 4 is 23.9 Å². The molecule has 3 rings (SSSR count). The third-order valence-electron chi connectivity index (χ3n) is 3.33. The van der Waals surface area contributed by atoms with E-state index in [2.05, 4.69) is 0 Å². The summed E-state index contributed by atoms with van der Waals surface area (Å²) in [5, 5.41) is 4.03. The number of nitrogens with one attached hydrogen (secondary N) is 2. The molecule has 0 spiro atoms. The van der Waals surface area contributed by atoms with Gasteiger partial charge in [-0.05, 0) is 35.9 Å². The van der Waals surface area contributed by atoms with E-state index in [-0.39, 0.29) is 12.4 Å². The van der Waals surface area contributed by atoms with Gasteiger partial charge in [-0.2, -0.15) is 0 Å². The molecule has 4 amide bonds. The minimum Gasteiger partial charge on any atom is -0.458 e. The fourth-order valence-corrected chi connectivity index (χ4v) is 2.12. The van der Waals surface area contributed by atoms with Crippen LogP contribution >= 0.6 is 0 Å². The summed E-state index contributed by atoms with van der Waals surface area (Å²) in [6.45, 7) is 0.0529. The van der Waals surface area contributed by atoms with Crippen molar-refractivity contribution in [3.05, 3.63) is 65.7 Å². The predicted molar refractivity (Wildman–Crippen MR) is 88.7 cm³/mol. The highest BCUT2D eigenvalue weighted by atomic mass is 16.7. The van der Waals surface area contributed by atoms with Gasteiger partial charge in [-0.25, -0.2) is 4.79 Å². The van der Waals surface area contributed by atoms with Crippen LogP contribution in [0.4, 0.5) is 4.79 Å². The number of benzene rings is 2. The molecule has 1 heterocycles. The summed E-state index contributed by atoms with van der Waals surface area (Å²) >= 11 is 0. The third kappa shape index (κ3) is 4.23. The molecule has 0 aromatic heterocycles. The summed E-state index contributed by atoms with van der Waals surface area (Å²) < 4.78 is 10.9. The molecule has 2 aromatic carbocycles. The molecule has 2 aromatic rings. The molecule has 7 nitrogen and oxygen atoms in total. The van der Waals surface area contributed by atoms with E-state index in [0.29, 0.717) is 17.1 Å². The third-order valence-corrected chi connectivity index (χ3v) is 3.33. The van der Waals surface area contributed by atoms with Gasteiger partial charge >= 0.3 is 6.03 Å². The van der Waals surface area contributed by atoms with E-state index < -0.39 is 17.8 Å². The van der Waals surface area contributed by atoms with Gasteiger partial charge in [0.15, 0.2) is 0 Å². The molecule has 0 bridgehead atoms. The summed E-state index contributed by atoms with van der Waals surface area (Å²) in [7, 11) is 0. The number of urea groups is 1. The second kappa shape index (κ2) is 7.31. The van der Waals surface area contributed by atoms with Crippen molar-refractivity contribution in [1.82, 2.24) is 10.6 Å². The zero-order valence-electron chi connectivity index (χ0n) is 13.0. The van der Waals surface area contributed by atoms with Crippen molar-refractivity contribution in [2.45, 2.75) is 0 Å². The minimum absolute atomic E-state index is 0.0529. The SMILES string of the molecule is O=C1NC(=O)C(=Cc2ccc(OCOc3ccccc3)cc2)C(=O)N1. The average Bonchev–Trinajstić information content (AvgIpc) is 2.60. The monoisotopic (exact) mass is 338 g/mol. The standard InChI is InChI=1S/C18H14N2O5/c21-16-15(17(22)20-18(23)19-16)10-12-6-8-14(9-7-12)25-11-24-13-4-2-1-3-5-13/h1-10H,11H2,(H2,19,20,21,22,23). The Kier molecular flexibility index (Phi) is 4.75. The van der Waals surface area contributed by atoms with Crippen LogP contribution in [0.3, 0.4) is 0 Å². The summed E-state index contributed by atoms with van der Waals surface area (Å²) in [5.41, 5.74) is 0.478. The van der Waals surface area contributed by atoms with Gasteiger partial charge in [-0.1, -0.05) is 30.3 Å². The maximum Gasteiger partial charge on any atom is 0.328 e. The van der Waals surface area contributed by atoms with Crippen molar-refractivity contribution in [3.8, 4) is 11.5 Å². The molecule has 126 valence electrons. The maximum atomic E-state index is 11.7. The Labute approximate surface area is 143 Å². The molecule has 0 unspecified atom stereocenters. The molecule has 0 atom stereocenters. The summed E-state index contributed by atoms with van der Waals surface area (Å²) in [4.78, 5) is 34.3. The van der Waals surface area contributed by atoms with E-state index >= 15 is 0 Å². The number of carbonyl (C=O) groups excluding carboxylic acids is 3. The number of imide groups is 2. The van der Waals surface area contributed by atoms with E-state index in [9.17, 15) is 14.4 Å². The fraction of sp³-hybridized carbons (Fsp3) is 0.0556. The number of para-hydroxylation sites is 1. The van der Waals surface area contributed by atoms with Crippen LogP contribution in [0.15, 0.2) is 60.2 Å². The normalized spacial score (nSPS) is 13.8. The quantitative estimate of drug-likeness (QED) is 0.493. The molecule has 0 aliphatic carbocycles. The number of amides is 4. The highest BCUT2D eigenvalue weighted by molar-refractivity contribution is 6.31. The van der Waals surface area contributed by atoms with Gasteiger partial charge in [0.2, 0.25) is 6.79 Å². The Morgan fingerprint density at radius 3 is 1.92 bits per heavy atom. The molecule has 0 radical (unpaired) electrons. The highest BCUT2D eigenvalue weighted by Crippen LogP contribution is 2.16. The Hall–Kier alpha value is -3.61. The number of hydrogen-bond donors (Lipinski definition) is 2. The first kappa shape index (κ1) is 16.3. The molecule has 1 aliphatic heterocycles. The largest absolute Gasteiger partial charge is 0.458 e. The topological polar surface area (TPSA) is 93.7 Å². The van der Waals surface area contributed by atoms with Crippen LogP contribution < -0.4 is 20.1 Å². The molecule has 25 heavy (non-hydrogen) atoms. The molecule has 1 saturated heterocycles. The van der Waals surface area contributed by atoms with Gasteiger partial charge in [-0.15, -0.1) is 0 Å². The van der Waals surface area contributed by atoms with Gasteiger partial charge in [0.25, 0.3) is 11.8 Å². The molecule has 1 aliphatic rings. The van der Waals surface area contributed by atoms with Crippen LogP contribution in [0, 0.1) is 0 Å². The van der Waals surface area contributed by atoms with Crippen molar-refractivity contribution in [1.29, 1.82) is 0 Å². The predicted octanol–water partition coefficient (Wildman–Crippen LogP) is 1.85. The molecular formula is C18H14N2O5. The first-order valence-electron chi connectivity index (χ1n) is 7.41. The molecule has 2 N–H and O–H groups in total. The average molecular weight is 338 g/mol.